The summed E-state index contributed by atoms with van der Waals surface area (Å²) < 4.78 is 0. The molecule has 0 aliphatic rings. The molecule has 4 heteroatoms. The number of thiazole rings is 1. The van der Waals surface area contributed by atoms with E-state index in [1.165, 1.54) is 21.7 Å². The minimum Gasteiger partial charge on any atom is -0.375 e. The summed E-state index contributed by atoms with van der Waals surface area (Å²) in [6, 6.07) is 6.50. The van der Waals surface area contributed by atoms with Crippen molar-refractivity contribution in [2.24, 2.45) is 0 Å². The Bertz CT molecular complexity index is 519. The van der Waals surface area contributed by atoms with Crippen molar-refractivity contribution in [3.05, 3.63) is 40.4 Å². The molecule has 1 aromatic heterocycles. The van der Waals surface area contributed by atoms with Gasteiger partial charge in [0.25, 0.3) is 0 Å². The third-order valence-electron chi connectivity index (χ3n) is 2.73. The summed E-state index contributed by atoms with van der Waals surface area (Å²) in [6.45, 7) is 5.10. The number of hydrogen-bond donors (Lipinski definition) is 1. The maximum absolute atomic E-state index is 5.63. The molecule has 2 aromatic rings. The number of hydrogen-bond acceptors (Lipinski definition) is 4. The Morgan fingerprint density at radius 2 is 2.12 bits per heavy atom. The van der Waals surface area contributed by atoms with E-state index in [-0.39, 0.29) is 0 Å². The van der Waals surface area contributed by atoms with E-state index in [0.29, 0.717) is 5.13 Å². The van der Waals surface area contributed by atoms with Gasteiger partial charge < -0.3 is 10.6 Å². The van der Waals surface area contributed by atoms with Crippen LogP contribution in [0, 0.1) is 13.8 Å². The van der Waals surface area contributed by atoms with Gasteiger partial charge in [0.15, 0.2) is 5.13 Å². The molecule has 0 amide bonds. The molecule has 0 aliphatic carbocycles. The SMILES string of the molecule is Cc1ccc(N(C)Cc2cnc(N)s2)c(C)c1. The average molecular weight is 247 g/mol. The van der Waals surface area contributed by atoms with E-state index in [1.807, 2.05) is 6.20 Å². The fraction of sp³-hybridized carbons (Fsp3) is 0.308. The van der Waals surface area contributed by atoms with Gasteiger partial charge in [0.1, 0.15) is 0 Å². The number of nitrogen functional groups attached to an aromatic ring is 1. The fourth-order valence-corrected chi connectivity index (χ4v) is 2.69. The van der Waals surface area contributed by atoms with Crippen molar-refractivity contribution < 1.29 is 0 Å². The maximum atomic E-state index is 5.63. The summed E-state index contributed by atoms with van der Waals surface area (Å²) in [5.41, 5.74) is 9.47. The van der Waals surface area contributed by atoms with E-state index in [2.05, 4.69) is 49.0 Å². The number of nitrogens with two attached hydrogens (primary N) is 1. The molecule has 90 valence electrons. The van der Waals surface area contributed by atoms with E-state index >= 15 is 0 Å². The van der Waals surface area contributed by atoms with Crippen LogP contribution in [0.15, 0.2) is 24.4 Å². The Balaban J connectivity index is 2.17. The minimum atomic E-state index is 0.633. The van der Waals surface area contributed by atoms with Crippen LogP contribution in [0.4, 0.5) is 10.8 Å². The van der Waals surface area contributed by atoms with Gasteiger partial charge in [-0.15, -0.1) is 11.3 Å². The molecule has 0 aliphatic heterocycles. The molecule has 17 heavy (non-hydrogen) atoms. The smallest absolute Gasteiger partial charge is 0.180 e. The molecule has 2 rings (SSSR count). The van der Waals surface area contributed by atoms with Crippen molar-refractivity contribution in [3.8, 4) is 0 Å². The summed E-state index contributed by atoms with van der Waals surface area (Å²) in [4.78, 5) is 7.48. The first-order chi connectivity index (χ1) is 8.06. The van der Waals surface area contributed by atoms with Crippen molar-refractivity contribution in [1.29, 1.82) is 0 Å². The van der Waals surface area contributed by atoms with Gasteiger partial charge in [-0.1, -0.05) is 17.7 Å². The molecule has 1 aromatic carbocycles. The number of aryl methyl sites for hydroxylation is 2. The van der Waals surface area contributed by atoms with Gasteiger partial charge in [-0.3, -0.25) is 0 Å². The summed E-state index contributed by atoms with van der Waals surface area (Å²) in [7, 11) is 2.09. The zero-order chi connectivity index (χ0) is 12.4. The second kappa shape index (κ2) is 4.75. The van der Waals surface area contributed by atoms with Gasteiger partial charge in [-0.25, -0.2) is 4.98 Å². The highest BCUT2D eigenvalue weighted by molar-refractivity contribution is 7.15. The highest BCUT2D eigenvalue weighted by Gasteiger charge is 2.07. The Morgan fingerprint density at radius 3 is 2.71 bits per heavy atom. The second-order valence-corrected chi connectivity index (χ2v) is 5.46. The van der Waals surface area contributed by atoms with Crippen LogP contribution >= 0.6 is 11.3 Å². The molecule has 0 saturated carbocycles. The third kappa shape index (κ3) is 2.77. The topological polar surface area (TPSA) is 42.2 Å². The molecular formula is C13H17N3S. The molecule has 0 fully saturated rings. The van der Waals surface area contributed by atoms with Crippen LogP contribution in [0.5, 0.6) is 0 Å². The number of nitrogens with zero attached hydrogens (tertiary/aromatic N) is 2. The monoisotopic (exact) mass is 247 g/mol. The molecule has 1 heterocycles. The van der Waals surface area contributed by atoms with Crippen LogP contribution in [0.1, 0.15) is 16.0 Å². The van der Waals surface area contributed by atoms with Crippen molar-refractivity contribution in [2.45, 2.75) is 20.4 Å². The predicted molar refractivity (Wildman–Crippen MR) is 74.5 cm³/mol. The third-order valence-corrected chi connectivity index (χ3v) is 3.54. The lowest BCUT2D eigenvalue weighted by atomic mass is 10.1. The van der Waals surface area contributed by atoms with E-state index in [9.17, 15) is 0 Å². The zero-order valence-corrected chi connectivity index (χ0v) is 11.2. The van der Waals surface area contributed by atoms with Gasteiger partial charge in [0, 0.05) is 23.8 Å². The first kappa shape index (κ1) is 11.9. The lowest BCUT2D eigenvalue weighted by Gasteiger charge is -2.20. The van der Waals surface area contributed by atoms with Crippen LogP contribution in [0.3, 0.4) is 0 Å². The van der Waals surface area contributed by atoms with E-state index in [0.717, 1.165) is 6.54 Å². The summed E-state index contributed by atoms with van der Waals surface area (Å²) in [5.74, 6) is 0. The van der Waals surface area contributed by atoms with Gasteiger partial charge in [-0.2, -0.15) is 0 Å². The molecule has 0 saturated heterocycles. The molecule has 0 atom stereocenters. The normalized spacial score (nSPS) is 10.5. The standard InChI is InChI=1S/C13H17N3S/c1-9-4-5-12(10(2)6-9)16(3)8-11-7-15-13(14)17-11/h4-7H,8H2,1-3H3,(H2,14,15). The van der Waals surface area contributed by atoms with E-state index in [1.54, 1.807) is 11.3 Å². The van der Waals surface area contributed by atoms with Crippen molar-refractivity contribution in [1.82, 2.24) is 4.98 Å². The number of anilines is 2. The Hall–Kier alpha value is -1.55. The maximum Gasteiger partial charge on any atom is 0.180 e. The Labute approximate surface area is 106 Å². The minimum absolute atomic E-state index is 0.633. The van der Waals surface area contributed by atoms with Crippen molar-refractivity contribution in [3.63, 3.8) is 0 Å². The highest BCUT2D eigenvalue weighted by Crippen LogP contribution is 2.23. The first-order valence-electron chi connectivity index (χ1n) is 5.55. The second-order valence-electron chi connectivity index (χ2n) is 4.31. The fourth-order valence-electron chi connectivity index (χ4n) is 1.95. The zero-order valence-electron chi connectivity index (χ0n) is 10.4. The lowest BCUT2D eigenvalue weighted by Crippen LogP contribution is -2.16. The van der Waals surface area contributed by atoms with Crippen LogP contribution < -0.4 is 10.6 Å². The quantitative estimate of drug-likeness (QED) is 0.906. The molecule has 3 nitrogen and oxygen atoms in total. The van der Waals surface area contributed by atoms with Crippen LogP contribution in [-0.2, 0) is 6.54 Å². The number of rotatable bonds is 3. The average Bonchev–Trinajstić information content (AvgIpc) is 2.63. The van der Waals surface area contributed by atoms with Gasteiger partial charge in [0.2, 0.25) is 0 Å². The summed E-state index contributed by atoms with van der Waals surface area (Å²) in [6.07, 6.45) is 1.85. The van der Waals surface area contributed by atoms with Crippen molar-refractivity contribution >= 4 is 22.2 Å². The summed E-state index contributed by atoms with van der Waals surface area (Å²) in [5, 5.41) is 0.633. The van der Waals surface area contributed by atoms with Crippen LogP contribution in [-0.4, -0.2) is 12.0 Å². The van der Waals surface area contributed by atoms with Gasteiger partial charge >= 0.3 is 0 Å². The Morgan fingerprint density at radius 1 is 1.35 bits per heavy atom. The van der Waals surface area contributed by atoms with Gasteiger partial charge in [-0.05, 0) is 25.5 Å². The number of benzene rings is 1. The van der Waals surface area contributed by atoms with Gasteiger partial charge in [0.05, 0.1) is 6.54 Å². The molecular weight excluding hydrogens is 230 g/mol. The highest BCUT2D eigenvalue weighted by atomic mass is 32.1. The summed E-state index contributed by atoms with van der Waals surface area (Å²) >= 11 is 1.54. The lowest BCUT2D eigenvalue weighted by molar-refractivity contribution is 0.930. The van der Waals surface area contributed by atoms with E-state index < -0.39 is 0 Å². The largest absolute Gasteiger partial charge is 0.375 e. The predicted octanol–water partition coefficient (Wildman–Crippen LogP) is 2.98. The molecule has 0 radical (unpaired) electrons. The van der Waals surface area contributed by atoms with Crippen molar-refractivity contribution in [2.75, 3.05) is 17.7 Å². The van der Waals surface area contributed by atoms with E-state index in [4.69, 9.17) is 5.73 Å². The number of aromatic nitrogens is 1. The first-order valence-corrected chi connectivity index (χ1v) is 6.36. The van der Waals surface area contributed by atoms with Crippen LogP contribution in [0.2, 0.25) is 0 Å². The molecule has 2 N–H and O–H groups in total. The Kier molecular flexibility index (Phi) is 3.33. The molecule has 0 bridgehead atoms. The molecule has 0 unspecified atom stereocenters. The van der Waals surface area contributed by atoms with Crippen LogP contribution in [0.25, 0.3) is 0 Å². The molecule has 0 spiro atoms.